The van der Waals surface area contributed by atoms with Crippen molar-refractivity contribution in [2.45, 2.75) is 11.5 Å². The summed E-state index contributed by atoms with van der Waals surface area (Å²) in [5.41, 5.74) is 2.07. The number of rotatable bonds is 8. The number of anilines is 1. The summed E-state index contributed by atoms with van der Waals surface area (Å²) < 4.78 is 5.75. The summed E-state index contributed by atoms with van der Waals surface area (Å²) in [4.78, 5) is 23.2. The van der Waals surface area contributed by atoms with Gasteiger partial charge in [-0.3, -0.25) is 14.9 Å². The standard InChI is InChI=1S/C22H17N3O4S/c23-13-16-3-1-4-17(11-16)14-29-20-6-2-5-18(12-20)24-22(26)15-30-21-9-7-19(8-10-21)25(27)28/h1-12H,14-15H2,(H,24,26). The van der Waals surface area contributed by atoms with Crippen LogP contribution < -0.4 is 10.1 Å². The summed E-state index contributed by atoms with van der Waals surface area (Å²) in [5, 5.41) is 22.4. The molecular weight excluding hydrogens is 402 g/mol. The molecule has 0 saturated heterocycles. The molecule has 3 aromatic carbocycles. The first kappa shape index (κ1) is 20.9. The van der Waals surface area contributed by atoms with Gasteiger partial charge < -0.3 is 10.1 Å². The number of non-ortho nitro benzene ring substituents is 1. The maximum atomic E-state index is 12.2. The number of nitro benzene ring substituents is 1. The topological polar surface area (TPSA) is 105 Å². The number of nitriles is 1. The molecule has 0 unspecified atom stereocenters. The number of hydrogen-bond donors (Lipinski definition) is 1. The van der Waals surface area contributed by atoms with Crippen molar-refractivity contribution in [2.75, 3.05) is 11.1 Å². The predicted octanol–water partition coefficient (Wildman–Crippen LogP) is 4.78. The van der Waals surface area contributed by atoms with E-state index in [-0.39, 0.29) is 17.3 Å². The smallest absolute Gasteiger partial charge is 0.269 e. The third-order valence-electron chi connectivity index (χ3n) is 4.00. The molecule has 0 fully saturated rings. The van der Waals surface area contributed by atoms with Crippen LogP contribution in [0.4, 0.5) is 11.4 Å². The van der Waals surface area contributed by atoms with Crippen molar-refractivity contribution in [3.8, 4) is 11.8 Å². The molecule has 0 heterocycles. The van der Waals surface area contributed by atoms with E-state index in [0.717, 1.165) is 10.5 Å². The van der Waals surface area contributed by atoms with Gasteiger partial charge in [0.1, 0.15) is 12.4 Å². The predicted molar refractivity (Wildman–Crippen MR) is 114 cm³/mol. The molecule has 0 aromatic heterocycles. The maximum Gasteiger partial charge on any atom is 0.269 e. The van der Waals surface area contributed by atoms with E-state index in [4.69, 9.17) is 10.00 Å². The van der Waals surface area contributed by atoms with Crippen molar-refractivity contribution < 1.29 is 14.5 Å². The molecule has 3 aromatic rings. The van der Waals surface area contributed by atoms with Gasteiger partial charge in [0.15, 0.2) is 0 Å². The summed E-state index contributed by atoms with van der Waals surface area (Å²) >= 11 is 1.29. The summed E-state index contributed by atoms with van der Waals surface area (Å²) in [5.74, 6) is 0.569. The second-order valence-electron chi connectivity index (χ2n) is 6.22. The number of thioether (sulfide) groups is 1. The number of nitrogens with one attached hydrogen (secondary N) is 1. The average molecular weight is 419 g/mol. The zero-order chi connectivity index (χ0) is 21.3. The molecule has 1 N–H and O–H groups in total. The number of carbonyl (C=O) groups excluding carboxylic acids is 1. The van der Waals surface area contributed by atoms with Gasteiger partial charge in [0.05, 0.1) is 22.3 Å². The maximum absolute atomic E-state index is 12.2. The fraction of sp³-hybridized carbons (Fsp3) is 0.0909. The molecule has 0 aliphatic carbocycles. The first-order chi connectivity index (χ1) is 14.5. The van der Waals surface area contributed by atoms with E-state index in [1.54, 1.807) is 54.6 Å². The number of carbonyl (C=O) groups is 1. The largest absolute Gasteiger partial charge is 0.489 e. The van der Waals surface area contributed by atoms with Crippen LogP contribution in [-0.4, -0.2) is 16.6 Å². The van der Waals surface area contributed by atoms with Crippen LogP contribution in [0.25, 0.3) is 0 Å². The average Bonchev–Trinajstić information content (AvgIpc) is 2.77. The van der Waals surface area contributed by atoms with Gasteiger partial charge in [-0.15, -0.1) is 11.8 Å². The van der Waals surface area contributed by atoms with Gasteiger partial charge >= 0.3 is 0 Å². The highest BCUT2D eigenvalue weighted by molar-refractivity contribution is 8.00. The Balaban J connectivity index is 1.52. The van der Waals surface area contributed by atoms with Crippen LogP contribution in [0.15, 0.2) is 77.7 Å². The lowest BCUT2D eigenvalue weighted by atomic mass is 10.1. The molecule has 0 atom stereocenters. The first-order valence-corrected chi connectivity index (χ1v) is 9.91. The molecule has 0 aliphatic rings. The fourth-order valence-electron chi connectivity index (χ4n) is 2.57. The highest BCUT2D eigenvalue weighted by Crippen LogP contribution is 2.23. The zero-order valence-corrected chi connectivity index (χ0v) is 16.6. The molecular formula is C22H17N3O4S. The Labute approximate surface area is 177 Å². The van der Waals surface area contributed by atoms with Gasteiger partial charge in [0.25, 0.3) is 5.69 Å². The van der Waals surface area contributed by atoms with Crippen LogP contribution in [0.3, 0.4) is 0 Å². The van der Waals surface area contributed by atoms with Crippen molar-refractivity contribution in [3.05, 3.63) is 94.0 Å². The summed E-state index contributed by atoms with van der Waals surface area (Å²) in [6.45, 7) is 0.308. The molecule has 0 radical (unpaired) electrons. The molecule has 0 saturated carbocycles. The Morgan fingerprint density at radius 1 is 1.10 bits per heavy atom. The molecule has 1 amide bonds. The van der Waals surface area contributed by atoms with E-state index in [0.29, 0.717) is 23.6 Å². The molecule has 7 nitrogen and oxygen atoms in total. The lowest BCUT2D eigenvalue weighted by Crippen LogP contribution is -2.14. The first-order valence-electron chi connectivity index (χ1n) is 8.92. The Hall–Kier alpha value is -3.83. The highest BCUT2D eigenvalue weighted by Gasteiger charge is 2.08. The summed E-state index contributed by atoms with van der Waals surface area (Å²) in [6.07, 6.45) is 0. The molecule has 0 bridgehead atoms. The Morgan fingerprint density at radius 3 is 2.60 bits per heavy atom. The Bertz CT molecular complexity index is 1090. The summed E-state index contributed by atoms with van der Waals surface area (Å²) in [6, 6.07) is 22.4. The van der Waals surface area contributed by atoms with Gasteiger partial charge in [-0.2, -0.15) is 5.26 Å². The molecule has 0 aliphatic heterocycles. The van der Waals surface area contributed by atoms with Gasteiger partial charge in [-0.25, -0.2) is 0 Å². The van der Waals surface area contributed by atoms with Crippen molar-refractivity contribution in [2.24, 2.45) is 0 Å². The number of nitro groups is 1. The van der Waals surface area contributed by atoms with E-state index < -0.39 is 4.92 Å². The van der Waals surface area contributed by atoms with Crippen LogP contribution in [0, 0.1) is 21.4 Å². The van der Waals surface area contributed by atoms with Crippen LogP contribution >= 0.6 is 11.8 Å². The van der Waals surface area contributed by atoms with Crippen molar-refractivity contribution in [1.82, 2.24) is 0 Å². The van der Waals surface area contributed by atoms with E-state index in [1.165, 1.54) is 23.9 Å². The number of nitrogens with zero attached hydrogens (tertiary/aromatic N) is 2. The van der Waals surface area contributed by atoms with Gasteiger partial charge in [0, 0.05) is 28.8 Å². The quantitative estimate of drug-likeness (QED) is 0.320. The lowest BCUT2D eigenvalue weighted by molar-refractivity contribution is -0.384. The minimum atomic E-state index is -0.462. The second kappa shape index (κ2) is 10.1. The zero-order valence-electron chi connectivity index (χ0n) is 15.8. The van der Waals surface area contributed by atoms with E-state index in [9.17, 15) is 14.9 Å². The number of amides is 1. The SMILES string of the molecule is N#Cc1cccc(COc2cccc(NC(=O)CSc3ccc([N+](=O)[O-])cc3)c2)c1. The highest BCUT2D eigenvalue weighted by atomic mass is 32.2. The fourth-order valence-corrected chi connectivity index (χ4v) is 3.27. The van der Waals surface area contributed by atoms with E-state index in [1.807, 2.05) is 6.07 Å². The molecule has 30 heavy (non-hydrogen) atoms. The number of ether oxygens (including phenoxy) is 1. The van der Waals surface area contributed by atoms with Crippen LogP contribution in [0.5, 0.6) is 5.75 Å². The monoisotopic (exact) mass is 419 g/mol. The van der Waals surface area contributed by atoms with Crippen LogP contribution in [0.1, 0.15) is 11.1 Å². The Morgan fingerprint density at radius 2 is 1.87 bits per heavy atom. The minimum Gasteiger partial charge on any atom is -0.489 e. The van der Waals surface area contributed by atoms with Gasteiger partial charge in [-0.05, 0) is 42.0 Å². The lowest BCUT2D eigenvalue weighted by Gasteiger charge is -2.09. The van der Waals surface area contributed by atoms with E-state index in [2.05, 4.69) is 11.4 Å². The molecule has 8 heteroatoms. The Kier molecular flexibility index (Phi) is 7.03. The van der Waals surface area contributed by atoms with Crippen molar-refractivity contribution in [1.29, 1.82) is 5.26 Å². The summed E-state index contributed by atoms with van der Waals surface area (Å²) in [7, 11) is 0. The second-order valence-corrected chi connectivity index (χ2v) is 7.27. The molecule has 3 rings (SSSR count). The number of hydrogen-bond acceptors (Lipinski definition) is 6. The van der Waals surface area contributed by atoms with E-state index >= 15 is 0 Å². The van der Waals surface area contributed by atoms with Gasteiger partial charge in [0.2, 0.25) is 5.91 Å². The van der Waals surface area contributed by atoms with Crippen LogP contribution in [0.2, 0.25) is 0 Å². The van der Waals surface area contributed by atoms with Crippen LogP contribution in [-0.2, 0) is 11.4 Å². The van der Waals surface area contributed by atoms with Gasteiger partial charge in [-0.1, -0.05) is 18.2 Å². The third kappa shape index (κ3) is 6.09. The number of benzene rings is 3. The minimum absolute atomic E-state index is 0.0139. The normalized spacial score (nSPS) is 10.1. The third-order valence-corrected chi connectivity index (χ3v) is 5.01. The van der Waals surface area contributed by atoms with Crippen molar-refractivity contribution >= 4 is 29.0 Å². The van der Waals surface area contributed by atoms with Crippen molar-refractivity contribution in [3.63, 3.8) is 0 Å². The molecule has 0 spiro atoms. The molecule has 150 valence electrons.